The molecule has 0 saturated heterocycles. The Bertz CT molecular complexity index is 449. The largest absolute Gasteiger partial charge is 0.353 e. The molecular weight excluding hydrogens is 267 g/mol. The first-order valence-corrected chi connectivity index (χ1v) is 6.97. The molecule has 0 atom stereocenters. The molecule has 1 aromatic carbocycles. The van der Waals surface area contributed by atoms with E-state index in [9.17, 15) is 9.18 Å². The van der Waals surface area contributed by atoms with Crippen molar-refractivity contribution in [2.75, 3.05) is 6.54 Å². The van der Waals surface area contributed by atoms with Crippen LogP contribution in [0.1, 0.15) is 31.2 Å². The van der Waals surface area contributed by atoms with E-state index in [1.165, 1.54) is 12.1 Å². The van der Waals surface area contributed by atoms with Gasteiger partial charge < -0.3 is 10.6 Å². The van der Waals surface area contributed by atoms with Crippen molar-refractivity contribution in [3.8, 4) is 0 Å². The van der Waals surface area contributed by atoms with Crippen molar-refractivity contribution in [1.82, 2.24) is 10.6 Å². The van der Waals surface area contributed by atoms with Crippen LogP contribution in [-0.4, -0.2) is 18.5 Å². The Labute approximate surface area is 117 Å². The minimum Gasteiger partial charge on any atom is -0.353 e. The zero-order valence-corrected chi connectivity index (χ0v) is 11.5. The average molecular weight is 285 g/mol. The van der Waals surface area contributed by atoms with E-state index >= 15 is 0 Å². The van der Waals surface area contributed by atoms with E-state index < -0.39 is 0 Å². The highest BCUT2D eigenvalue weighted by molar-refractivity contribution is 6.31. The summed E-state index contributed by atoms with van der Waals surface area (Å²) in [6, 6.07) is 4.80. The van der Waals surface area contributed by atoms with Crippen LogP contribution in [0.25, 0.3) is 0 Å². The number of halogens is 2. The maximum absolute atomic E-state index is 12.8. The third kappa shape index (κ3) is 5.17. The minimum atomic E-state index is -0.328. The van der Waals surface area contributed by atoms with Crippen molar-refractivity contribution in [2.45, 2.75) is 38.3 Å². The summed E-state index contributed by atoms with van der Waals surface area (Å²) in [5, 5.41) is 6.58. The highest BCUT2D eigenvalue weighted by atomic mass is 35.5. The number of carbonyl (C=O) groups excluding carboxylic acids is 1. The van der Waals surface area contributed by atoms with Crippen molar-refractivity contribution in [3.05, 3.63) is 34.6 Å². The number of nitrogens with one attached hydrogen (secondary N) is 2. The van der Waals surface area contributed by atoms with E-state index in [-0.39, 0.29) is 11.7 Å². The first-order valence-electron chi connectivity index (χ1n) is 6.59. The highest BCUT2D eigenvalue weighted by Gasteiger charge is 2.22. The first kappa shape index (κ1) is 14.3. The lowest BCUT2D eigenvalue weighted by atomic mass is 10.2. The summed E-state index contributed by atoms with van der Waals surface area (Å²) in [6.45, 7) is 1.33. The summed E-state index contributed by atoms with van der Waals surface area (Å²) in [6.07, 6.45) is 3.57. The second-order valence-electron chi connectivity index (χ2n) is 4.86. The molecule has 0 unspecified atom stereocenters. The van der Waals surface area contributed by atoms with Crippen LogP contribution in [0.15, 0.2) is 18.2 Å². The van der Waals surface area contributed by atoms with E-state index in [1.54, 1.807) is 6.07 Å². The van der Waals surface area contributed by atoms with Crippen LogP contribution in [0.4, 0.5) is 4.39 Å². The molecule has 1 saturated carbocycles. The van der Waals surface area contributed by atoms with Gasteiger partial charge in [0.05, 0.1) is 0 Å². The van der Waals surface area contributed by atoms with Crippen LogP contribution < -0.4 is 10.6 Å². The van der Waals surface area contributed by atoms with Crippen LogP contribution >= 0.6 is 11.6 Å². The summed E-state index contributed by atoms with van der Waals surface area (Å²) in [4.78, 5) is 11.4. The summed E-state index contributed by atoms with van der Waals surface area (Å²) in [5.74, 6) is -0.199. The second kappa shape index (κ2) is 6.87. The molecule has 0 heterocycles. The predicted molar refractivity (Wildman–Crippen MR) is 73.5 cm³/mol. The van der Waals surface area contributed by atoms with E-state index in [2.05, 4.69) is 10.6 Å². The molecule has 3 nitrogen and oxygen atoms in total. The summed E-state index contributed by atoms with van der Waals surface area (Å²) >= 11 is 5.91. The third-order valence-corrected chi connectivity index (χ3v) is 3.38. The number of amides is 1. The SMILES string of the molecule is O=C(CCCNCc1ccc(F)cc1Cl)NC1CC1. The molecule has 1 fully saturated rings. The standard InChI is InChI=1S/C14H18ClFN2O/c15-13-8-11(16)4-3-10(13)9-17-7-1-2-14(19)18-12-5-6-12/h3-4,8,12,17H,1-2,5-7,9H2,(H,18,19). The number of carbonyl (C=O) groups is 1. The van der Waals surface area contributed by atoms with Gasteiger partial charge in [-0.05, 0) is 43.5 Å². The molecule has 104 valence electrons. The van der Waals surface area contributed by atoms with Crippen molar-refractivity contribution in [1.29, 1.82) is 0 Å². The van der Waals surface area contributed by atoms with E-state index in [0.29, 0.717) is 24.0 Å². The molecule has 1 amide bonds. The lowest BCUT2D eigenvalue weighted by Gasteiger charge is -2.07. The average Bonchev–Trinajstić information content (AvgIpc) is 3.15. The fourth-order valence-corrected chi connectivity index (χ4v) is 2.02. The molecule has 2 rings (SSSR count). The maximum atomic E-state index is 12.8. The smallest absolute Gasteiger partial charge is 0.220 e. The van der Waals surface area contributed by atoms with Gasteiger partial charge in [-0.1, -0.05) is 17.7 Å². The summed E-state index contributed by atoms with van der Waals surface area (Å²) in [7, 11) is 0. The van der Waals surface area contributed by atoms with Crippen molar-refractivity contribution in [2.24, 2.45) is 0 Å². The third-order valence-electron chi connectivity index (χ3n) is 3.03. The van der Waals surface area contributed by atoms with Gasteiger partial charge in [-0.15, -0.1) is 0 Å². The van der Waals surface area contributed by atoms with Gasteiger partial charge in [0.1, 0.15) is 5.82 Å². The second-order valence-corrected chi connectivity index (χ2v) is 5.27. The Balaban J connectivity index is 1.59. The normalized spacial score (nSPS) is 14.4. The molecule has 0 aromatic heterocycles. The highest BCUT2D eigenvalue weighted by Crippen LogP contribution is 2.19. The van der Waals surface area contributed by atoms with Gasteiger partial charge in [0.15, 0.2) is 0 Å². The molecule has 0 spiro atoms. The van der Waals surface area contributed by atoms with Gasteiger partial charge >= 0.3 is 0 Å². The van der Waals surface area contributed by atoms with Crippen LogP contribution in [-0.2, 0) is 11.3 Å². The van der Waals surface area contributed by atoms with Gasteiger partial charge in [0.25, 0.3) is 0 Å². The van der Waals surface area contributed by atoms with Crippen LogP contribution in [0.5, 0.6) is 0 Å². The molecule has 0 radical (unpaired) electrons. The Hall–Kier alpha value is -1.13. The number of hydrogen-bond acceptors (Lipinski definition) is 2. The Kier molecular flexibility index (Phi) is 5.16. The summed E-state index contributed by atoms with van der Waals surface area (Å²) < 4.78 is 12.8. The number of rotatable bonds is 7. The predicted octanol–water partition coefficient (Wildman–Crippen LogP) is 2.63. The van der Waals surface area contributed by atoms with Gasteiger partial charge in [0, 0.05) is 24.0 Å². The molecule has 2 N–H and O–H groups in total. The molecule has 0 bridgehead atoms. The van der Waals surface area contributed by atoms with Gasteiger partial charge in [0.2, 0.25) is 5.91 Å². The Morgan fingerprint density at radius 1 is 1.42 bits per heavy atom. The zero-order chi connectivity index (χ0) is 13.7. The minimum absolute atomic E-state index is 0.129. The molecule has 5 heteroatoms. The monoisotopic (exact) mass is 284 g/mol. The lowest BCUT2D eigenvalue weighted by Crippen LogP contribution is -2.26. The molecule has 1 aromatic rings. The number of hydrogen-bond donors (Lipinski definition) is 2. The first-order chi connectivity index (χ1) is 9.15. The molecule has 0 aliphatic heterocycles. The molecular formula is C14H18ClFN2O. The van der Waals surface area contributed by atoms with Crippen molar-refractivity contribution < 1.29 is 9.18 Å². The molecule has 19 heavy (non-hydrogen) atoms. The van der Waals surface area contributed by atoms with Crippen molar-refractivity contribution >= 4 is 17.5 Å². The van der Waals surface area contributed by atoms with E-state index in [4.69, 9.17) is 11.6 Å². The quantitative estimate of drug-likeness (QED) is 0.756. The van der Waals surface area contributed by atoms with Gasteiger partial charge in [-0.25, -0.2) is 4.39 Å². The lowest BCUT2D eigenvalue weighted by molar-refractivity contribution is -0.121. The molecule has 1 aliphatic carbocycles. The topological polar surface area (TPSA) is 41.1 Å². The van der Waals surface area contributed by atoms with Crippen LogP contribution in [0, 0.1) is 5.82 Å². The van der Waals surface area contributed by atoms with Crippen LogP contribution in [0.3, 0.4) is 0 Å². The zero-order valence-electron chi connectivity index (χ0n) is 10.7. The van der Waals surface area contributed by atoms with E-state index in [0.717, 1.165) is 31.4 Å². The Morgan fingerprint density at radius 2 is 2.21 bits per heavy atom. The Morgan fingerprint density at radius 3 is 2.89 bits per heavy atom. The van der Waals surface area contributed by atoms with Gasteiger partial charge in [-0.2, -0.15) is 0 Å². The maximum Gasteiger partial charge on any atom is 0.220 e. The van der Waals surface area contributed by atoms with Gasteiger partial charge in [-0.3, -0.25) is 4.79 Å². The van der Waals surface area contributed by atoms with Crippen LogP contribution in [0.2, 0.25) is 5.02 Å². The van der Waals surface area contributed by atoms with E-state index in [1.807, 2.05) is 0 Å². The summed E-state index contributed by atoms with van der Waals surface area (Å²) in [5.41, 5.74) is 0.866. The van der Waals surface area contributed by atoms with Crippen molar-refractivity contribution in [3.63, 3.8) is 0 Å². The fourth-order valence-electron chi connectivity index (χ4n) is 1.79. The number of benzene rings is 1. The molecule has 1 aliphatic rings. The fraction of sp³-hybridized carbons (Fsp3) is 0.500.